The highest BCUT2D eigenvalue weighted by Gasteiger charge is 2.30. The van der Waals surface area contributed by atoms with E-state index in [1.54, 1.807) is 6.33 Å². The number of fused-ring (bicyclic) bond motifs is 2. The van der Waals surface area contributed by atoms with Crippen molar-refractivity contribution in [1.82, 2.24) is 9.97 Å². The molecule has 152 valence electrons. The summed E-state index contributed by atoms with van der Waals surface area (Å²) in [5.41, 5.74) is 6.94. The highest BCUT2D eigenvalue weighted by molar-refractivity contribution is 6.29. The number of anilines is 4. The number of ketones is 1. The number of carbonyl (C=O) groups excluding carboxylic acids is 1. The maximum absolute atomic E-state index is 13.7. The summed E-state index contributed by atoms with van der Waals surface area (Å²) in [6.45, 7) is 0. The molecule has 0 amide bonds. The van der Waals surface area contributed by atoms with Crippen LogP contribution in [0, 0.1) is 0 Å². The van der Waals surface area contributed by atoms with Crippen LogP contribution in [-0.2, 0) is 0 Å². The second-order valence-corrected chi connectivity index (χ2v) is 7.65. The zero-order chi connectivity index (χ0) is 21.5. The monoisotopic (exact) mass is 414 g/mol. The summed E-state index contributed by atoms with van der Waals surface area (Å²) in [6.07, 6.45) is 1.56. The van der Waals surface area contributed by atoms with Gasteiger partial charge in [0.05, 0.1) is 28.1 Å². The van der Waals surface area contributed by atoms with Gasteiger partial charge in [0, 0.05) is 27.9 Å². The number of aromatic nitrogens is 2. The number of hydrogen-bond donors (Lipinski definition) is 2. The maximum Gasteiger partial charge on any atom is 0.196 e. The predicted octanol–water partition coefficient (Wildman–Crippen LogP) is 6.33. The van der Waals surface area contributed by atoms with Crippen molar-refractivity contribution < 1.29 is 4.79 Å². The van der Waals surface area contributed by atoms with Gasteiger partial charge in [0.2, 0.25) is 0 Å². The van der Waals surface area contributed by atoms with Gasteiger partial charge in [0.1, 0.15) is 6.33 Å². The minimum atomic E-state index is -0.0300. The van der Waals surface area contributed by atoms with E-state index >= 15 is 0 Å². The molecule has 1 aliphatic rings. The van der Waals surface area contributed by atoms with Crippen molar-refractivity contribution in [3.63, 3.8) is 0 Å². The Hall–Kier alpha value is -4.51. The maximum atomic E-state index is 13.7. The molecule has 4 aromatic carbocycles. The predicted molar refractivity (Wildman–Crippen MR) is 128 cm³/mol. The van der Waals surface area contributed by atoms with E-state index in [4.69, 9.17) is 0 Å². The molecule has 6 rings (SSSR count). The lowest BCUT2D eigenvalue weighted by molar-refractivity contribution is 0.104. The minimum Gasteiger partial charge on any atom is -0.355 e. The molecule has 0 bridgehead atoms. The standard InChI is InChI=1S/C27H18N4O/c32-27-20-14-8-7-13-19(20)25-24-23(27)21(30-17-9-3-1-4-10-17)15-22(26(24)29-16-28-25)31-18-11-5-2-6-12-18/h1-16,30-31H. The van der Waals surface area contributed by atoms with E-state index in [2.05, 4.69) is 20.6 Å². The zero-order valence-electron chi connectivity index (χ0n) is 17.0. The fraction of sp³-hybridized carbons (Fsp3) is 0. The molecule has 0 saturated carbocycles. The number of carbonyl (C=O) groups is 1. The molecule has 0 atom stereocenters. The highest BCUT2D eigenvalue weighted by atomic mass is 16.1. The molecular formula is C27H18N4O. The van der Waals surface area contributed by atoms with E-state index in [0.29, 0.717) is 11.1 Å². The van der Waals surface area contributed by atoms with Crippen molar-refractivity contribution in [2.75, 3.05) is 10.6 Å². The van der Waals surface area contributed by atoms with E-state index < -0.39 is 0 Å². The normalized spacial score (nSPS) is 11.8. The van der Waals surface area contributed by atoms with Crippen molar-refractivity contribution in [3.05, 3.63) is 108 Å². The van der Waals surface area contributed by atoms with Crippen molar-refractivity contribution in [2.45, 2.75) is 0 Å². The lowest BCUT2D eigenvalue weighted by atomic mass is 9.85. The van der Waals surface area contributed by atoms with E-state index in [1.807, 2.05) is 91.0 Å². The number of nitrogens with zero attached hydrogens (tertiary/aromatic N) is 2. The summed E-state index contributed by atoms with van der Waals surface area (Å²) in [5.74, 6) is -0.0300. The minimum absolute atomic E-state index is 0.0300. The lowest BCUT2D eigenvalue weighted by Gasteiger charge is -2.23. The first-order chi connectivity index (χ1) is 15.8. The van der Waals surface area contributed by atoms with Gasteiger partial charge in [-0.25, -0.2) is 9.97 Å². The van der Waals surface area contributed by atoms with Gasteiger partial charge in [0.25, 0.3) is 0 Å². The third-order valence-corrected chi connectivity index (χ3v) is 5.67. The molecule has 0 spiro atoms. The summed E-state index contributed by atoms with van der Waals surface area (Å²) in [4.78, 5) is 22.8. The quantitative estimate of drug-likeness (QED) is 0.353. The summed E-state index contributed by atoms with van der Waals surface area (Å²) >= 11 is 0. The molecule has 0 saturated heterocycles. The average Bonchev–Trinajstić information content (AvgIpc) is 2.84. The van der Waals surface area contributed by atoms with E-state index in [9.17, 15) is 4.79 Å². The van der Waals surface area contributed by atoms with Crippen LogP contribution in [0.2, 0.25) is 0 Å². The summed E-state index contributed by atoms with van der Waals surface area (Å²) in [6, 6.07) is 29.3. The molecule has 0 radical (unpaired) electrons. The van der Waals surface area contributed by atoms with Gasteiger partial charge in [-0.2, -0.15) is 0 Å². The van der Waals surface area contributed by atoms with Crippen LogP contribution >= 0.6 is 0 Å². The van der Waals surface area contributed by atoms with E-state index in [1.165, 1.54) is 0 Å². The molecule has 1 aliphatic carbocycles. The molecule has 1 aromatic heterocycles. The van der Waals surface area contributed by atoms with Crippen molar-refractivity contribution in [2.24, 2.45) is 0 Å². The Morgan fingerprint density at radius 2 is 1.22 bits per heavy atom. The topological polar surface area (TPSA) is 66.9 Å². The molecule has 32 heavy (non-hydrogen) atoms. The first kappa shape index (κ1) is 18.3. The van der Waals surface area contributed by atoms with Gasteiger partial charge >= 0.3 is 0 Å². The second-order valence-electron chi connectivity index (χ2n) is 7.65. The van der Waals surface area contributed by atoms with Crippen LogP contribution in [0.3, 0.4) is 0 Å². The van der Waals surface area contributed by atoms with Crippen LogP contribution < -0.4 is 10.6 Å². The Bertz CT molecular complexity index is 1480. The molecule has 0 aliphatic heterocycles. The van der Waals surface area contributed by atoms with E-state index in [0.717, 1.165) is 44.9 Å². The van der Waals surface area contributed by atoms with Gasteiger partial charge in [-0.15, -0.1) is 0 Å². The first-order valence-corrected chi connectivity index (χ1v) is 10.4. The average molecular weight is 414 g/mol. The molecule has 5 nitrogen and oxygen atoms in total. The van der Waals surface area contributed by atoms with Gasteiger partial charge < -0.3 is 10.6 Å². The van der Waals surface area contributed by atoms with Crippen LogP contribution in [0.15, 0.2) is 97.3 Å². The smallest absolute Gasteiger partial charge is 0.196 e. The fourth-order valence-electron chi connectivity index (χ4n) is 4.26. The van der Waals surface area contributed by atoms with Crippen molar-refractivity contribution >= 4 is 39.4 Å². The Morgan fingerprint density at radius 3 is 1.91 bits per heavy atom. The second kappa shape index (κ2) is 7.32. The van der Waals surface area contributed by atoms with Crippen LogP contribution in [0.1, 0.15) is 15.9 Å². The Labute approximate surface area is 184 Å². The summed E-state index contributed by atoms with van der Waals surface area (Å²) in [7, 11) is 0. The molecule has 2 N–H and O–H groups in total. The summed E-state index contributed by atoms with van der Waals surface area (Å²) < 4.78 is 0. The van der Waals surface area contributed by atoms with Crippen molar-refractivity contribution in [3.8, 4) is 11.3 Å². The number of para-hydroxylation sites is 2. The van der Waals surface area contributed by atoms with Crippen LogP contribution in [0.25, 0.3) is 22.2 Å². The van der Waals surface area contributed by atoms with E-state index in [-0.39, 0.29) is 5.78 Å². The van der Waals surface area contributed by atoms with Gasteiger partial charge in [-0.05, 0) is 30.3 Å². The fourth-order valence-corrected chi connectivity index (χ4v) is 4.26. The summed E-state index contributed by atoms with van der Waals surface area (Å²) in [5, 5.41) is 7.68. The Kier molecular flexibility index (Phi) is 4.18. The molecule has 5 aromatic rings. The third kappa shape index (κ3) is 2.91. The van der Waals surface area contributed by atoms with Crippen LogP contribution in [0.5, 0.6) is 0 Å². The Balaban J connectivity index is 1.65. The Morgan fingerprint density at radius 1 is 0.625 bits per heavy atom. The number of benzene rings is 4. The van der Waals surface area contributed by atoms with Gasteiger partial charge in [-0.1, -0.05) is 60.7 Å². The SMILES string of the molecule is O=C1c2ccccc2-c2ncnc3c(Nc4ccccc4)cc(Nc4ccccc4)c1c23. The number of rotatable bonds is 4. The van der Waals surface area contributed by atoms with Crippen LogP contribution in [-0.4, -0.2) is 15.8 Å². The molecule has 0 fully saturated rings. The molecular weight excluding hydrogens is 396 g/mol. The third-order valence-electron chi connectivity index (χ3n) is 5.67. The van der Waals surface area contributed by atoms with Gasteiger partial charge in [-0.3, -0.25) is 4.79 Å². The number of nitrogens with one attached hydrogen (secondary N) is 2. The van der Waals surface area contributed by atoms with Crippen LogP contribution in [0.4, 0.5) is 22.7 Å². The molecule has 5 heteroatoms. The molecule has 0 unspecified atom stereocenters. The lowest BCUT2D eigenvalue weighted by Crippen LogP contribution is -2.14. The zero-order valence-corrected chi connectivity index (χ0v) is 17.0. The van der Waals surface area contributed by atoms with Gasteiger partial charge in [0.15, 0.2) is 5.78 Å². The largest absolute Gasteiger partial charge is 0.355 e. The number of hydrogen-bond acceptors (Lipinski definition) is 5. The highest BCUT2D eigenvalue weighted by Crippen LogP contribution is 2.44. The van der Waals surface area contributed by atoms with Crippen molar-refractivity contribution in [1.29, 1.82) is 0 Å². The first-order valence-electron chi connectivity index (χ1n) is 10.4. The molecule has 1 heterocycles.